The number of nitrogens with one attached hydrogen (secondary N) is 2. The lowest BCUT2D eigenvalue weighted by Crippen LogP contribution is -2.46. The zero-order valence-corrected chi connectivity index (χ0v) is 11.2. The number of carbonyl (C=O) groups excluding carboxylic acids is 2. The molecule has 4 N–H and O–H groups in total. The van der Waals surface area contributed by atoms with Crippen LogP contribution in [-0.4, -0.2) is 23.0 Å². The topological polar surface area (TPSA) is 97.1 Å². The van der Waals surface area contributed by atoms with E-state index in [1.807, 2.05) is 24.3 Å². The molecule has 1 heterocycles. The largest absolute Gasteiger partial charge is 0.352 e. The molecule has 0 aliphatic heterocycles. The van der Waals surface area contributed by atoms with Gasteiger partial charge in [-0.05, 0) is 19.1 Å². The summed E-state index contributed by atoms with van der Waals surface area (Å²) >= 11 is 1.53. The van der Waals surface area contributed by atoms with Gasteiger partial charge in [-0.15, -0.1) is 11.3 Å². The van der Waals surface area contributed by atoms with Gasteiger partial charge < -0.3 is 16.4 Å². The van der Waals surface area contributed by atoms with E-state index in [4.69, 9.17) is 5.73 Å². The van der Waals surface area contributed by atoms with E-state index in [-0.39, 0.29) is 5.91 Å². The van der Waals surface area contributed by atoms with Gasteiger partial charge in [0.15, 0.2) is 0 Å². The van der Waals surface area contributed by atoms with Crippen LogP contribution in [0.1, 0.15) is 11.9 Å². The Morgan fingerprint density at radius 3 is 2.84 bits per heavy atom. The summed E-state index contributed by atoms with van der Waals surface area (Å²) in [4.78, 5) is 26.7. The summed E-state index contributed by atoms with van der Waals surface area (Å²) in [5.41, 5.74) is 5.87. The van der Waals surface area contributed by atoms with Crippen LogP contribution in [0, 0.1) is 0 Å². The number of para-hydroxylation sites is 1. The van der Waals surface area contributed by atoms with Crippen molar-refractivity contribution in [3.63, 3.8) is 0 Å². The molecule has 0 fully saturated rings. The van der Waals surface area contributed by atoms with E-state index < -0.39 is 12.1 Å². The van der Waals surface area contributed by atoms with E-state index in [1.165, 1.54) is 11.3 Å². The highest BCUT2D eigenvalue weighted by atomic mass is 32.1. The zero-order valence-electron chi connectivity index (χ0n) is 10.3. The van der Waals surface area contributed by atoms with Crippen LogP contribution < -0.4 is 16.4 Å². The highest BCUT2D eigenvalue weighted by molar-refractivity contribution is 7.18. The lowest BCUT2D eigenvalue weighted by Gasteiger charge is -2.11. The van der Waals surface area contributed by atoms with Gasteiger partial charge in [-0.2, -0.15) is 0 Å². The molecule has 3 amide bonds. The first-order valence-corrected chi connectivity index (χ1v) is 6.56. The number of hydrogen-bond acceptors (Lipinski definition) is 4. The van der Waals surface area contributed by atoms with Gasteiger partial charge in [0, 0.05) is 0 Å². The first kappa shape index (κ1) is 13.3. The van der Waals surface area contributed by atoms with E-state index in [2.05, 4.69) is 15.6 Å². The fourth-order valence-electron chi connectivity index (χ4n) is 1.59. The molecule has 19 heavy (non-hydrogen) atoms. The van der Waals surface area contributed by atoms with Crippen LogP contribution in [0.3, 0.4) is 0 Å². The van der Waals surface area contributed by atoms with Gasteiger partial charge in [-0.3, -0.25) is 4.79 Å². The molecule has 0 saturated carbocycles. The van der Waals surface area contributed by atoms with Crippen molar-refractivity contribution in [3.8, 4) is 0 Å². The molecule has 1 aromatic heterocycles. The molecule has 0 spiro atoms. The van der Waals surface area contributed by atoms with Gasteiger partial charge in [0.1, 0.15) is 11.0 Å². The van der Waals surface area contributed by atoms with Crippen molar-refractivity contribution in [2.45, 2.75) is 19.5 Å². The fraction of sp³-hybridized carbons (Fsp3) is 0.250. The first-order valence-electron chi connectivity index (χ1n) is 5.74. The molecule has 2 aromatic rings. The summed E-state index contributed by atoms with van der Waals surface area (Å²) in [5.74, 6) is -0.293. The second-order valence-electron chi connectivity index (χ2n) is 4.02. The van der Waals surface area contributed by atoms with Gasteiger partial charge >= 0.3 is 6.03 Å². The van der Waals surface area contributed by atoms with Crippen molar-refractivity contribution in [3.05, 3.63) is 29.3 Å². The Morgan fingerprint density at radius 1 is 1.42 bits per heavy atom. The van der Waals surface area contributed by atoms with Gasteiger partial charge in [0.25, 0.3) is 0 Å². The van der Waals surface area contributed by atoms with E-state index >= 15 is 0 Å². The van der Waals surface area contributed by atoms with Crippen LogP contribution in [-0.2, 0) is 11.3 Å². The predicted molar refractivity (Wildman–Crippen MR) is 73.6 cm³/mol. The summed E-state index contributed by atoms with van der Waals surface area (Å²) in [6, 6.07) is 6.39. The maximum Gasteiger partial charge on any atom is 0.312 e. The third-order valence-electron chi connectivity index (χ3n) is 2.50. The average molecular weight is 278 g/mol. The number of primary amides is 1. The molecular weight excluding hydrogens is 264 g/mol. The number of benzene rings is 1. The van der Waals surface area contributed by atoms with Gasteiger partial charge in [0.05, 0.1) is 16.8 Å². The van der Waals surface area contributed by atoms with E-state index in [1.54, 1.807) is 6.92 Å². The lowest BCUT2D eigenvalue weighted by atomic mass is 10.3. The molecule has 0 bridgehead atoms. The second kappa shape index (κ2) is 5.66. The van der Waals surface area contributed by atoms with Crippen LogP contribution in [0.5, 0.6) is 0 Å². The fourth-order valence-corrected chi connectivity index (χ4v) is 2.50. The number of rotatable bonds is 4. The molecule has 100 valence electrons. The SMILES string of the molecule is C[C@@H](NC(N)=O)C(=O)NCc1nc2ccccc2s1. The number of nitrogens with zero attached hydrogens (tertiary/aromatic N) is 1. The Labute approximate surface area is 114 Å². The number of fused-ring (bicyclic) bond motifs is 1. The number of hydrogen-bond donors (Lipinski definition) is 3. The molecule has 0 saturated heterocycles. The van der Waals surface area contributed by atoms with Crippen LogP contribution in [0.2, 0.25) is 0 Å². The third-order valence-corrected chi connectivity index (χ3v) is 3.54. The lowest BCUT2D eigenvalue weighted by molar-refractivity contribution is -0.122. The van der Waals surface area contributed by atoms with Crippen molar-refractivity contribution >= 4 is 33.5 Å². The Bertz CT molecular complexity index is 578. The summed E-state index contributed by atoms with van der Waals surface area (Å²) in [6.45, 7) is 1.90. The molecule has 0 unspecified atom stereocenters. The van der Waals surface area contributed by atoms with Crippen LogP contribution in [0.15, 0.2) is 24.3 Å². The van der Waals surface area contributed by atoms with E-state index in [9.17, 15) is 9.59 Å². The smallest absolute Gasteiger partial charge is 0.312 e. The Morgan fingerprint density at radius 2 is 2.16 bits per heavy atom. The minimum absolute atomic E-state index is 0.293. The average Bonchev–Trinajstić information content (AvgIpc) is 2.77. The van der Waals surface area contributed by atoms with Gasteiger partial charge in [0.2, 0.25) is 5.91 Å². The molecule has 0 radical (unpaired) electrons. The number of carbonyl (C=O) groups is 2. The van der Waals surface area contributed by atoms with Gasteiger partial charge in [-0.25, -0.2) is 9.78 Å². The summed E-state index contributed by atoms with van der Waals surface area (Å²) in [7, 11) is 0. The molecule has 1 atom stereocenters. The molecule has 0 aliphatic carbocycles. The monoisotopic (exact) mass is 278 g/mol. The van der Waals surface area contributed by atoms with Crippen LogP contribution >= 0.6 is 11.3 Å². The highest BCUT2D eigenvalue weighted by Gasteiger charge is 2.14. The number of urea groups is 1. The van der Waals surface area contributed by atoms with Crippen molar-refractivity contribution in [2.75, 3.05) is 0 Å². The highest BCUT2D eigenvalue weighted by Crippen LogP contribution is 2.21. The third kappa shape index (κ3) is 3.41. The van der Waals surface area contributed by atoms with Crippen molar-refractivity contribution in [1.82, 2.24) is 15.6 Å². The normalized spacial score (nSPS) is 12.1. The number of aromatic nitrogens is 1. The Kier molecular flexibility index (Phi) is 3.96. The molecule has 0 aliphatic rings. The number of amides is 3. The van der Waals surface area contributed by atoms with Crippen molar-refractivity contribution in [2.24, 2.45) is 5.73 Å². The maximum atomic E-state index is 11.7. The summed E-state index contributed by atoms with van der Waals surface area (Å²) in [6.07, 6.45) is 0. The minimum atomic E-state index is -0.720. The van der Waals surface area contributed by atoms with E-state index in [0.29, 0.717) is 6.54 Å². The molecule has 1 aromatic carbocycles. The molecule has 7 heteroatoms. The standard InChI is InChI=1S/C12H14N4O2S/c1-7(15-12(13)18)11(17)14-6-10-16-8-4-2-3-5-9(8)19-10/h2-5,7H,6H2,1H3,(H,14,17)(H3,13,15,18)/t7-/m1/s1. The minimum Gasteiger partial charge on any atom is -0.352 e. The predicted octanol–water partition coefficient (Wildman–Crippen LogP) is 0.969. The summed E-state index contributed by atoms with van der Waals surface area (Å²) in [5, 5.41) is 5.84. The Hall–Kier alpha value is -2.15. The van der Waals surface area contributed by atoms with Crippen molar-refractivity contribution in [1.29, 1.82) is 0 Å². The molecule has 6 nitrogen and oxygen atoms in total. The first-order chi connectivity index (χ1) is 9.06. The quantitative estimate of drug-likeness (QED) is 0.777. The number of thiazole rings is 1. The number of nitrogens with two attached hydrogens (primary N) is 1. The molecular formula is C12H14N4O2S. The van der Waals surface area contributed by atoms with Crippen LogP contribution in [0.4, 0.5) is 4.79 Å². The molecule has 2 rings (SSSR count). The van der Waals surface area contributed by atoms with Crippen LogP contribution in [0.25, 0.3) is 10.2 Å². The zero-order chi connectivity index (χ0) is 13.8. The summed E-state index contributed by atoms with van der Waals surface area (Å²) < 4.78 is 1.08. The van der Waals surface area contributed by atoms with Gasteiger partial charge in [-0.1, -0.05) is 12.1 Å². The second-order valence-corrected chi connectivity index (χ2v) is 5.14. The van der Waals surface area contributed by atoms with E-state index in [0.717, 1.165) is 15.2 Å². The maximum absolute atomic E-state index is 11.7. The van der Waals surface area contributed by atoms with Crippen molar-refractivity contribution < 1.29 is 9.59 Å². The Balaban J connectivity index is 1.94.